The first-order chi connectivity index (χ1) is 22.9. The summed E-state index contributed by atoms with van der Waals surface area (Å²) >= 11 is 0. The molecule has 0 radical (unpaired) electrons. The molecule has 5 rings (SSSR count). The molecule has 0 unspecified atom stereocenters. The van der Waals surface area contributed by atoms with Gasteiger partial charge in [-0.2, -0.15) is 0 Å². The molecule has 0 spiro atoms. The van der Waals surface area contributed by atoms with Crippen LogP contribution in [0, 0.1) is 5.92 Å². The van der Waals surface area contributed by atoms with Gasteiger partial charge in [0.1, 0.15) is 5.75 Å². The lowest BCUT2D eigenvalue weighted by atomic mass is 9.95. The van der Waals surface area contributed by atoms with Gasteiger partial charge in [-0.25, -0.2) is 0 Å². The molecule has 0 amide bonds. The fraction of sp³-hybridized carbons (Fsp3) is 0.293. The Kier molecular flexibility index (Phi) is 11.9. The lowest BCUT2D eigenvalue weighted by molar-refractivity contribution is -0.114. The molecule has 4 N–H and O–H groups in total. The van der Waals surface area contributed by atoms with E-state index in [0.29, 0.717) is 37.5 Å². The minimum atomic E-state index is -0.102. The topological polar surface area (TPSA) is 103 Å². The molecule has 47 heavy (non-hydrogen) atoms. The van der Waals surface area contributed by atoms with E-state index in [9.17, 15) is 20.1 Å². The lowest BCUT2D eigenvalue weighted by Crippen LogP contribution is -2.04. The molecule has 5 aromatic rings. The highest BCUT2D eigenvalue weighted by Crippen LogP contribution is 2.33. The fourth-order valence-corrected chi connectivity index (χ4v) is 6.03. The molecule has 244 valence electrons. The number of aliphatic hydroxyl groups excluding tert-OH is 1. The van der Waals surface area contributed by atoms with Gasteiger partial charge in [0.25, 0.3) is 0 Å². The number of ketones is 1. The van der Waals surface area contributed by atoms with Gasteiger partial charge < -0.3 is 25.0 Å². The summed E-state index contributed by atoms with van der Waals surface area (Å²) in [5.41, 5.74) is 6.70. The number of aromatic amines is 1. The molecule has 6 nitrogen and oxygen atoms in total. The highest BCUT2D eigenvalue weighted by molar-refractivity contribution is 5.90. The SMILES string of the molecule is C[C@H](CCC/C=C/C(=O)CCc1ccc(O)c(OCCc2ccc(O)cc2-c2cc(CO)c3[nH]ccc3c2)c1)CCc1ccccc1. The van der Waals surface area contributed by atoms with Crippen LogP contribution in [0.2, 0.25) is 0 Å². The number of aromatic nitrogens is 1. The predicted octanol–water partition coefficient (Wildman–Crippen LogP) is 8.86. The molecule has 0 bridgehead atoms. The van der Waals surface area contributed by atoms with E-state index in [-0.39, 0.29) is 23.9 Å². The number of ether oxygens (including phenoxy) is 1. The number of H-pyrrole nitrogens is 1. The molecule has 0 saturated carbocycles. The maximum Gasteiger partial charge on any atom is 0.161 e. The van der Waals surface area contributed by atoms with Crippen LogP contribution in [0.25, 0.3) is 22.0 Å². The summed E-state index contributed by atoms with van der Waals surface area (Å²) < 4.78 is 6.01. The van der Waals surface area contributed by atoms with Crippen LogP contribution >= 0.6 is 0 Å². The molecule has 1 aromatic heterocycles. The maximum atomic E-state index is 12.5. The monoisotopic (exact) mass is 631 g/mol. The van der Waals surface area contributed by atoms with Crippen molar-refractivity contribution >= 4 is 16.7 Å². The van der Waals surface area contributed by atoms with E-state index in [2.05, 4.69) is 42.2 Å². The molecular formula is C41H45NO5. The van der Waals surface area contributed by atoms with E-state index in [4.69, 9.17) is 4.74 Å². The van der Waals surface area contributed by atoms with Crippen LogP contribution in [-0.4, -0.2) is 32.7 Å². The Morgan fingerprint density at radius 2 is 1.72 bits per heavy atom. The van der Waals surface area contributed by atoms with Crippen molar-refractivity contribution in [2.75, 3.05) is 6.61 Å². The van der Waals surface area contributed by atoms with Crippen molar-refractivity contribution in [3.8, 4) is 28.4 Å². The second kappa shape index (κ2) is 16.7. The van der Waals surface area contributed by atoms with Crippen LogP contribution in [0.15, 0.2) is 103 Å². The highest BCUT2D eigenvalue weighted by atomic mass is 16.5. The maximum absolute atomic E-state index is 12.5. The van der Waals surface area contributed by atoms with Gasteiger partial charge in [0.15, 0.2) is 17.3 Å². The number of nitrogens with one attached hydrogen (secondary N) is 1. The number of fused-ring (bicyclic) bond motifs is 1. The van der Waals surface area contributed by atoms with Crippen molar-refractivity contribution in [1.29, 1.82) is 0 Å². The summed E-state index contributed by atoms with van der Waals surface area (Å²) in [5, 5.41) is 31.6. The van der Waals surface area contributed by atoms with E-state index in [0.717, 1.165) is 64.4 Å². The number of carbonyl (C=O) groups excluding carboxylic acids is 1. The number of unbranched alkanes of at least 4 members (excludes halogenated alkanes) is 1. The van der Waals surface area contributed by atoms with Crippen molar-refractivity contribution < 1.29 is 24.9 Å². The van der Waals surface area contributed by atoms with Crippen molar-refractivity contribution in [3.63, 3.8) is 0 Å². The van der Waals surface area contributed by atoms with Gasteiger partial charge in [0.2, 0.25) is 0 Å². The van der Waals surface area contributed by atoms with Crippen molar-refractivity contribution in [1.82, 2.24) is 4.98 Å². The Balaban J connectivity index is 1.09. The summed E-state index contributed by atoms with van der Waals surface area (Å²) in [6.07, 6.45) is 12.5. The summed E-state index contributed by atoms with van der Waals surface area (Å²) in [4.78, 5) is 15.7. The number of allylic oxidation sites excluding steroid dienone is 2. The molecule has 0 saturated heterocycles. The Labute approximate surface area is 277 Å². The number of phenols is 2. The zero-order chi connectivity index (χ0) is 33.0. The Hall–Kier alpha value is -4.81. The summed E-state index contributed by atoms with van der Waals surface area (Å²) in [7, 11) is 0. The van der Waals surface area contributed by atoms with Crippen molar-refractivity contribution in [2.24, 2.45) is 5.92 Å². The second-order valence-corrected chi connectivity index (χ2v) is 12.4. The van der Waals surface area contributed by atoms with Crippen molar-refractivity contribution in [2.45, 2.75) is 64.9 Å². The molecule has 1 atom stereocenters. The smallest absolute Gasteiger partial charge is 0.161 e. The number of rotatable bonds is 17. The normalized spacial score (nSPS) is 12.1. The molecule has 4 aromatic carbocycles. The number of benzene rings is 4. The summed E-state index contributed by atoms with van der Waals surface area (Å²) in [6.45, 7) is 2.51. The third-order valence-electron chi connectivity index (χ3n) is 8.77. The zero-order valence-corrected chi connectivity index (χ0v) is 27.1. The molecule has 6 heteroatoms. The number of aliphatic hydroxyl groups is 1. The number of carbonyl (C=O) groups is 1. The number of hydrogen-bond acceptors (Lipinski definition) is 5. The zero-order valence-electron chi connectivity index (χ0n) is 27.1. The van der Waals surface area contributed by atoms with Crippen molar-refractivity contribution in [3.05, 3.63) is 126 Å². The number of phenolic OH excluding ortho intramolecular Hbond substituents is 2. The van der Waals surface area contributed by atoms with Gasteiger partial charge in [0, 0.05) is 30.0 Å². The van der Waals surface area contributed by atoms with Crippen LogP contribution in [-0.2, 0) is 30.7 Å². The first kappa shape index (κ1) is 33.6. The fourth-order valence-electron chi connectivity index (χ4n) is 6.03. The molecule has 1 heterocycles. The van der Waals surface area contributed by atoms with Gasteiger partial charge in [0.05, 0.1) is 18.7 Å². The summed E-state index contributed by atoms with van der Waals surface area (Å²) in [6, 6.07) is 27.0. The Morgan fingerprint density at radius 3 is 2.55 bits per heavy atom. The Bertz CT molecular complexity index is 1790. The molecule has 0 fully saturated rings. The van der Waals surface area contributed by atoms with Crippen LogP contribution in [0.5, 0.6) is 17.2 Å². The Morgan fingerprint density at radius 1 is 0.872 bits per heavy atom. The van der Waals surface area contributed by atoms with Gasteiger partial charge in [-0.05, 0) is 114 Å². The largest absolute Gasteiger partial charge is 0.508 e. The first-order valence-electron chi connectivity index (χ1n) is 16.6. The third-order valence-corrected chi connectivity index (χ3v) is 8.77. The predicted molar refractivity (Wildman–Crippen MR) is 189 cm³/mol. The number of hydrogen-bond donors (Lipinski definition) is 4. The van der Waals surface area contributed by atoms with E-state index in [1.54, 1.807) is 30.3 Å². The van der Waals surface area contributed by atoms with Gasteiger partial charge in [-0.15, -0.1) is 0 Å². The molecular weight excluding hydrogens is 586 g/mol. The molecule has 0 aliphatic heterocycles. The van der Waals surface area contributed by atoms with Crippen LogP contribution in [0.1, 0.15) is 61.3 Å². The highest BCUT2D eigenvalue weighted by Gasteiger charge is 2.13. The van der Waals surface area contributed by atoms with Crippen LogP contribution in [0.3, 0.4) is 0 Å². The third kappa shape index (κ3) is 9.60. The van der Waals surface area contributed by atoms with Crippen LogP contribution in [0.4, 0.5) is 0 Å². The lowest BCUT2D eigenvalue weighted by Gasteiger charge is -2.14. The first-order valence-corrected chi connectivity index (χ1v) is 16.6. The van der Waals surface area contributed by atoms with Gasteiger partial charge >= 0.3 is 0 Å². The van der Waals surface area contributed by atoms with E-state index >= 15 is 0 Å². The average Bonchev–Trinajstić information content (AvgIpc) is 3.57. The molecule has 0 aliphatic rings. The van der Waals surface area contributed by atoms with E-state index in [1.807, 2.05) is 42.6 Å². The van der Waals surface area contributed by atoms with Gasteiger partial charge in [-0.3, -0.25) is 4.79 Å². The van der Waals surface area contributed by atoms with Gasteiger partial charge in [-0.1, -0.05) is 61.9 Å². The average molecular weight is 632 g/mol. The minimum Gasteiger partial charge on any atom is -0.508 e. The van der Waals surface area contributed by atoms with E-state index in [1.165, 1.54) is 12.0 Å². The standard InChI is InChI=1S/C41H45NO5/c1-29(12-13-30-9-5-3-6-10-30)8-4-2-7-11-36(44)17-14-31-15-19-39(46)40(24-31)47-23-21-32-16-18-37(45)27-38(32)34-25-33-20-22-42-41(33)35(26-34)28-43/h3,5-7,9-11,15-16,18-20,22,24-27,29,42-43,45-46H,2,4,8,12-14,17,21,23,28H2,1H3/b11-7+/t29-/m1/s1. The second-order valence-electron chi connectivity index (χ2n) is 12.4. The van der Waals surface area contributed by atoms with Crippen LogP contribution < -0.4 is 4.74 Å². The molecule has 0 aliphatic carbocycles. The van der Waals surface area contributed by atoms with E-state index < -0.39 is 0 Å². The number of aryl methyl sites for hydroxylation is 2. The number of aromatic hydroxyl groups is 2. The summed E-state index contributed by atoms with van der Waals surface area (Å²) in [5.74, 6) is 1.34. The minimum absolute atomic E-state index is 0.0504. The quantitative estimate of drug-likeness (QED) is 0.0607.